The zero-order valence-corrected chi connectivity index (χ0v) is 13.8. The molecule has 1 rings (SSSR count). The molecule has 0 heterocycles. The van der Waals surface area contributed by atoms with Crippen LogP contribution in [0.3, 0.4) is 0 Å². The van der Waals surface area contributed by atoms with Crippen molar-refractivity contribution in [2.24, 2.45) is 4.99 Å². The fourth-order valence-corrected chi connectivity index (χ4v) is 2.91. The van der Waals surface area contributed by atoms with Crippen molar-refractivity contribution < 1.29 is 15.0 Å². The fourth-order valence-electron chi connectivity index (χ4n) is 2.91. The number of hydrogen-bond acceptors (Lipinski definition) is 5. The summed E-state index contributed by atoms with van der Waals surface area (Å²) < 4.78 is 0. The van der Waals surface area contributed by atoms with Crippen molar-refractivity contribution in [1.29, 1.82) is 0 Å². The van der Waals surface area contributed by atoms with Crippen molar-refractivity contribution in [3.63, 3.8) is 0 Å². The van der Waals surface area contributed by atoms with Gasteiger partial charge >= 0.3 is 5.97 Å². The van der Waals surface area contributed by atoms with E-state index < -0.39 is 18.1 Å². The Morgan fingerprint density at radius 2 is 1.48 bits per heavy atom. The molecule has 2 N–H and O–H groups in total. The first-order valence-electron chi connectivity index (χ1n) is 7.89. The van der Waals surface area contributed by atoms with E-state index in [2.05, 4.69) is 42.5 Å². The average Bonchev–Trinajstić information content (AvgIpc) is 3.12. The molecule has 4 atom stereocenters. The molecule has 0 saturated heterocycles. The van der Waals surface area contributed by atoms with Crippen LogP contribution in [0, 0.1) is 0 Å². The van der Waals surface area contributed by atoms with Gasteiger partial charge in [-0.25, -0.2) is 4.79 Å². The molecule has 0 aromatic heterocycles. The molecule has 1 saturated carbocycles. The van der Waals surface area contributed by atoms with E-state index in [1.165, 1.54) is 6.92 Å². The lowest BCUT2D eigenvalue weighted by Gasteiger charge is -2.21. The van der Waals surface area contributed by atoms with Gasteiger partial charge in [0.25, 0.3) is 0 Å². The summed E-state index contributed by atoms with van der Waals surface area (Å²) in [6.45, 7) is 13.5. The predicted octanol–water partition coefficient (Wildman–Crippen LogP) is 0.696. The minimum absolute atomic E-state index is 0.181. The summed E-state index contributed by atoms with van der Waals surface area (Å²) >= 11 is 0. The van der Waals surface area contributed by atoms with Gasteiger partial charge in [-0.2, -0.15) is 0 Å². The van der Waals surface area contributed by atoms with Gasteiger partial charge in [0.2, 0.25) is 0 Å². The van der Waals surface area contributed by atoms with Crippen molar-refractivity contribution in [1.82, 2.24) is 9.80 Å². The third kappa shape index (κ3) is 4.02. The van der Waals surface area contributed by atoms with Crippen LogP contribution in [0.2, 0.25) is 0 Å². The van der Waals surface area contributed by atoms with E-state index in [-0.39, 0.29) is 12.1 Å². The molecule has 0 bridgehead atoms. The van der Waals surface area contributed by atoms with Gasteiger partial charge < -0.3 is 10.2 Å². The van der Waals surface area contributed by atoms with E-state index in [0.29, 0.717) is 0 Å². The average molecular weight is 299 g/mol. The molecule has 0 amide bonds. The Hall–Kier alpha value is -0.980. The summed E-state index contributed by atoms with van der Waals surface area (Å²) in [5, 5.41) is 18.8. The van der Waals surface area contributed by atoms with Gasteiger partial charge in [0.15, 0.2) is 6.04 Å². The number of aliphatic carboxylic acids is 1. The number of likely N-dealkylation sites (N-methyl/N-ethyl adjacent to an activating group) is 2. The van der Waals surface area contributed by atoms with Gasteiger partial charge in [-0.15, -0.1) is 0 Å². The summed E-state index contributed by atoms with van der Waals surface area (Å²) in [6, 6.07) is -0.709. The minimum Gasteiger partial charge on any atom is -0.480 e. The Labute approximate surface area is 127 Å². The van der Waals surface area contributed by atoms with Gasteiger partial charge in [0.1, 0.15) is 0 Å². The van der Waals surface area contributed by atoms with Crippen molar-refractivity contribution in [2.45, 2.75) is 58.8 Å². The second-order valence-electron chi connectivity index (χ2n) is 5.41. The van der Waals surface area contributed by atoms with E-state index in [0.717, 1.165) is 31.9 Å². The Morgan fingerprint density at radius 3 is 1.71 bits per heavy atom. The SMILES string of the molecule is CCN(CC)C1C(=NC(C(=O)O)[C@H](C)O)C1N(CC)CC. The van der Waals surface area contributed by atoms with Crippen molar-refractivity contribution in [2.75, 3.05) is 26.2 Å². The Balaban J connectivity index is 3.03. The molecule has 6 heteroatoms. The Bertz CT molecular complexity index is 356. The van der Waals surface area contributed by atoms with Crippen LogP contribution in [0.15, 0.2) is 4.99 Å². The van der Waals surface area contributed by atoms with E-state index in [1.807, 2.05) is 0 Å². The van der Waals surface area contributed by atoms with Gasteiger partial charge in [0.05, 0.1) is 23.9 Å². The molecule has 1 aliphatic carbocycles. The lowest BCUT2D eigenvalue weighted by atomic mass is 10.2. The molecular weight excluding hydrogens is 270 g/mol. The summed E-state index contributed by atoms with van der Waals surface area (Å²) in [4.78, 5) is 20.2. The maximum Gasteiger partial charge on any atom is 0.331 e. The molecule has 0 aliphatic heterocycles. The first-order chi connectivity index (χ1) is 9.92. The van der Waals surface area contributed by atoms with E-state index in [9.17, 15) is 15.0 Å². The van der Waals surface area contributed by atoms with Gasteiger partial charge in [-0.3, -0.25) is 14.8 Å². The third-order valence-corrected chi connectivity index (χ3v) is 4.21. The molecule has 0 spiro atoms. The molecule has 3 unspecified atom stereocenters. The number of aliphatic hydroxyl groups is 1. The number of rotatable bonds is 9. The van der Waals surface area contributed by atoms with Crippen LogP contribution in [-0.2, 0) is 4.79 Å². The zero-order valence-electron chi connectivity index (χ0n) is 13.8. The minimum atomic E-state index is -1.07. The predicted molar refractivity (Wildman–Crippen MR) is 84.0 cm³/mol. The lowest BCUT2D eigenvalue weighted by molar-refractivity contribution is -0.140. The molecule has 1 aliphatic rings. The highest BCUT2D eigenvalue weighted by atomic mass is 16.4. The van der Waals surface area contributed by atoms with Crippen molar-refractivity contribution >= 4 is 11.7 Å². The molecular formula is C15H29N3O3. The maximum atomic E-state index is 11.2. The summed E-state index contributed by atoms with van der Waals surface area (Å²) in [5.41, 5.74) is 0.899. The van der Waals surface area contributed by atoms with Crippen LogP contribution in [0.5, 0.6) is 0 Å². The van der Waals surface area contributed by atoms with Crippen LogP contribution < -0.4 is 0 Å². The van der Waals surface area contributed by atoms with Crippen LogP contribution in [0.4, 0.5) is 0 Å². The maximum absolute atomic E-state index is 11.2. The first kappa shape index (κ1) is 18.1. The second kappa shape index (κ2) is 7.87. The van der Waals surface area contributed by atoms with Gasteiger partial charge in [0, 0.05) is 0 Å². The monoisotopic (exact) mass is 299 g/mol. The zero-order chi connectivity index (χ0) is 16.2. The largest absolute Gasteiger partial charge is 0.480 e. The highest BCUT2D eigenvalue weighted by Gasteiger charge is 2.52. The normalized spacial score (nSPS) is 24.3. The number of aliphatic hydroxyl groups excluding tert-OH is 1. The Morgan fingerprint density at radius 1 is 1.10 bits per heavy atom. The number of aliphatic imine (C=N–C) groups is 1. The molecule has 21 heavy (non-hydrogen) atoms. The fraction of sp³-hybridized carbons (Fsp3) is 0.867. The third-order valence-electron chi connectivity index (χ3n) is 4.21. The van der Waals surface area contributed by atoms with Crippen LogP contribution >= 0.6 is 0 Å². The number of carboxylic acid groups (broad SMARTS) is 1. The van der Waals surface area contributed by atoms with E-state index >= 15 is 0 Å². The smallest absolute Gasteiger partial charge is 0.331 e. The molecule has 0 aromatic rings. The second-order valence-corrected chi connectivity index (χ2v) is 5.41. The van der Waals surface area contributed by atoms with Gasteiger partial charge in [-0.05, 0) is 33.1 Å². The van der Waals surface area contributed by atoms with E-state index in [4.69, 9.17) is 0 Å². The number of carboxylic acids is 1. The standard InChI is InChI=1S/C15H29N3O3/c1-6-17(7-2)13-12(14(13)18(8-3)9-4)16-11(10(5)19)15(20)21/h10-11,13-14,19H,6-9H2,1-5H3,(H,20,21)/t10-,11?,13?,14?/m0/s1. The van der Waals surface area contributed by atoms with Crippen LogP contribution in [-0.4, -0.2) is 82.1 Å². The Kier molecular flexibility index (Phi) is 6.77. The van der Waals surface area contributed by atoms with Crippen LogP contribution in [0.25, 0.3) is 0 Å². The number of nitrogens with zero attached hydrogens (tertiary/aromatic N) is 3. The summed E-state index contributed by atoms with van der Waals surface area (Å²) in [7, 11) is 0. The molecule has 0 radical (unpaired) electrons. The van der Waals surface area contributed by atoms with Crippen molar-refractivity contribution in [3.05, 3.63) is 0 Å². The molecule has 1 fully saturated rings. The van der Waals surface area contributed by atoms with Crippen LogP contribution in [0.1, 0.15) is 34.6 Å². The first-order valence-corrected chi connectivity index (χ1v) is 7.89. The number of carbonyl (C=O) groups is 1. The summed E-state index contributed by atoms with van der Waals surface area (Å²) in [5.74, 6) is -1.07. The van der Waals surface area contributed by atoms with E-state index in [1.54, 1.807) is 0 Å². The quantitative estimate of drug-likeness (QED) is 0.655. The van der Waals surface area contributed by atoms with Crippen molar-refractivity contribution in [3.8, 4) is 0 Å². The number of hydrogen-bond donors (Lipinski definition) is 2. The lowest BCUT2D eigenvalue weighted by Crippen LogP contribution is -2.34. The molecule has 6 nitrogen and oxygen atoms in total. The topological polar surface area (TPSA) is 76.4 Å². The highest BCUT2D eigenvalue weighted by molar-refractivity contribution is 6.12. The summed E-state index contributed by atoms with van der Waals surface area (Å²) in [6.07, 6.45) is -0.981. The highest BCUT2D eigenvalue weighted by Crippen LogP contribution is 2.31. The molecule has 0 aromatic carbocycles. The van der Waals surface area contributed by atoms with Gasteiger partial charge in [-0.1, -0.05) is 27.7 Å². The molecule has 122 valence electrons.